The van der Waals surface area contributed by atoms with E-state index in [1.165, 1.54) is 22.6 Å². The van der Waals surface area contributed by atoms with E-state index in [4.69, 9.17) is 0 Å². The molecule has 1 aromatic heterocycles. The van der Waals surface area contributed by atoms with E-state index in [1.807, 2.05) is 6.92 Å². The van der Waals surface area contributed by atoms with Gasteiger partial charge in [0, 0.05) is 26.2 Å². The summed E-state index contributed by atoms with van der Waals surface area (Å²) in [5.74, 6) is 0.827. The van der Waals surface area contributed by atoms with Gasteiger partial charge in [-0.1, -0.05) is 17.7 Å². The van der Waals surface area contributed by atoms with Crippen LogP contribution in [0.3, 0.4) is 0 Å². The lowest BCUT2D eigenvalue weighted by molar-refractivity contribution is 0.200. The molecule has 28 heavy (non-hydrogen) atoms. The van der Waals surface area contributed by atoms with Crippen molar-refractivity contribution in [3.8, 4) is 0 Å². The Morgan fingerprint density at radius 3 is 2.46 bits per heavy atom. The van der Waals surface area contributed by atoms with Crippen molar-refractivity contribution in [3.63, 3.8) is 0 Å². The average molecular weight is 401 g/mol. The number of nitrogens with zero attached hydrogens (tertiary/aromatic N) is 4. The number of carbonyl (C=O) groups excluding carboxylic acids is 1. The molecule has 4 rings (SSSR count). The number of aryl methyl sites for hydroxylation is 3. The van der Waals surface area contributed by atoms with Crippen LogP contribution in [0.4, 0.5) is 10.6 Å². The third-order valence-corrected chi connectivity index (χ3v) is 6.59. The van der Waals surface area contributed by atoms with Gasteiger partial charge in [-0.05, 0) is 49.9 Å². The smallest absolute Gasteiger partial charge is 0.331 e. The standard InChI is InChI=1S/C19H23N5O3S/c1-14-5-7-16(8-6-14)28(26,27)22-19(25)24-11-9-23(10-12-24)18-13-15-3-2-4-17(15)20-21-18/h5-8,13H,2-4,9-12H2,1H3,(H,22,25). The van der Waals surface area contributed by atoms with Crippen LogP contribution < -0.4 is 9.62 Å². The summed E-state index contributed by atoms with van der Waals surface area (Å²) in [5, 5.41) is 8.62. The predicted octanol–water partition coefficient (Wildman–Crippen LogP) is 1.49. The Morgan fingerprint density at radius 1 is 1.04 bits per heavy atom. The van der Waals surface area contributed by atoms with Crippen molar-refractivity contribution in [2.24, 2.45) is 0 Å². The van der Waals surface area contributed by atoms with Crippen LogP contribution in [-0.2, 0) is 22.9 Å². The Hall–Kier alpha value is -2.68. The lowest BCUT2D eigenvalue weighted by Crippen LogP contribution is -2.53. The van der Waals surface area contributed by atoms with Gasteiger partial charge in [0.25, 0.3) is 10.0 Å². The summed E-state index contributed by atoms with van der Waals surface area (Å²) in [6.45, 7) is 3.90. The molecule has 2 aromatic rings. The number of amides is 2. The highest BCUT2D eigenvalue weighted by Gasteiger charge is 2.26. The maximum absolute atomic E-state index is 12.4. The molecule has 1 fully saturated rings. The highest BCUT2D eigenvalue weighted by atomic mass is 32.2. The maximum atomic E-state index is 12.4. The first kappa shape index (κ1) is 18.7. The minimum atomic E-state index is -3.88. The van der Waals surface area contributed by atoms with E-state index in [-0.39, 0.29) is 4.90 Å². The molecule has 0 atom stereocenters. The van der Waals surface area contributed by atoms with Gasteiger partial charge in [-0.3, -0.25) is 0 Å². The van der Waals surface area contributed by atoms with Crippen LogP contribution in [0.5, 0.6) is 0 Å². The Kier molecular flexibility index (Phi) is 4.92. The first-order valence-electron chi connectivity index (χ1n) is 9.41. The van der Waals surface area contributed by atoms with Crippen molar-refractivity contribution < 1.29 is 13.2 Å². The summed E-state index contributed by atoms with van der Waals surface area (Å²) in [6.07, 6.45) is 3.15. The molecule has 2 heterocycles. The fourth-order valence-corrected chi connectivity index (χ4v) is 4.54. The van der Waals surface area contributed by atoms with Crippen LogP contribution in [0.1, 0.15) is 23.2 Å². The van der Waals surface area contributed by atoms with E-state index in [2.05, 4.69) is 25.9 Å². The average Bonchev–Trinajstić information content (AvgIpc) is 3.16. The normalized spacial score (nSPS) is 16.8. The lowest BCUT2D eigenvalue weighted by Gasteiger charge is -2.35. The summed E-state index contributed by atoms with van der Waals surface area (Å²) in [5.41, 5.74) is 3.30. The number of benzene rings is 1. The SMILES string of the molecule is Cc1ccc(S(=O)(=O)NC(=O)N2CCN(c3cc4c(nn3)CCC4)CC2)cc1. The molecular formula is C19H23N5O3S. The number of sulfonamides is 1. The highest BCUT2D eigenvalue weighted by Crippen LogP contribution is 2.23. The van der Waals surface area contributed by atoms with Crippen LogP contribution in [0.2, 0.25) is 0 Å². The van der Waals surface area contributed by atoms with Gasteiger partial charge in [0.15, 0.2) is 5.82 Å². The van der Waals surface area contributed by atoms with E-state index >= 15 is 0 Å². The third kappa shape index (κ3) is 3.80. The molecule has 1 aliphatic heterocycles. The Balaban J connectivity index is 1.37. The second-order valence-corrected chi connectivity index (χ2v) is 8.91. The molecule has 9 heteroatoms. The summed E-state index contributed by atoms with van der Waals surface area (Å²) in [7, 11) is -3.88. The molecule has 0 unspecified atom stereocenters. The topological polar surface area (TPSA) is 95.5 Å². The quantitative estimate of drug-likeness (QED) is 0.837. The van der Waals surface area contributed by atoms with Gasteiger partial charge in [0.05, 0.1) is 10.6 Å². The minimum Gasteiger partial charge on any atom is -0.352 e. The summed E-state index contributed by atoms with van der Waals surface area (Å²) in [4.78, 5) is 16.1. The fourth-order valence-electron chi connectivity index (χ4n) is 3.57. The molecule has 0 spiro atoms. The van der Waals surface area contributed by atoms with E-state index in [1.54, 1.807) is 12.1 Å². The number of aromatic nitrogens is 2. The highest BCUT2D eigenvalue weighted by molar-refractivity contribution is 7.90. The number of nitrogens with one attached hydrogen (secondary N) is 1. The van der Waals surface area contributed by atoms with Crippen LogP contribution in [0, 0.1) is 6.92 Å². The molecule has 2 aliphatic rings. The van der Waals surface area contributed by atoms with Crippen molar-refractivity contribution in [2.45, 2.75) is 31.1 Å². The predicted molar refractivity (Wildman–Crippen MR) is 105 cm³/mol. The second-order valence-electron chi connectivity index (χ2n) is 7.23. The summed E-state index contributed by atoms with van der Waals surface area (Å²) >= 11 is 0. The molecular weight excluding hydrogens is 378 g/mol. The van der Waals surface area contributed by atoms with E-state index in [0.717, 1.165) is 36.3 Å². The van der Waals surface area contributed by atoms with Gasteiger partial charge in [-0.2, -0.15) is 5.10 Å². The number of hydrogen-bond donors (Lipinski definition) is 1. The molecule has 0 saturated carbocycles. The van der Waals surface area contributed by atoms with Crippen molar-refractivity contribution in [1.29, 1.82) is 0 Å². The fraction of sp³-hybridized carbons (Fsp3) is 0.421. The van der Waals surface area contributed by atoms with Crippen molar-refractivity contribution in [3.05, 3.63) is 47.2 Å². The number of piperazine rings is 1. The Labute approximate surface area is 164 Å². The Morgan fingerprint density at radius 2 is 1.75 bits per heavy atom. The van der Waals surface area contributed by atoms with Crippen LogP contribution in [0.15, 0.2) is 35.2 Å². The van der Waals surface area contributed by atoms with Crippen LogP contribution >= 0.6 is 0 Å². The van der Waals surface area contributed by atoms with Gasteiger partial charge < -0.3 is 9.80 Å². The molecule has 0 bridgehead atoms. The Bertz CT molecular complexity index is 983. The first-order valence-corrected chi connectivity index (χ1v) is 10.9. The van der Waals surface area contributed by atoms with E-state index in [9.17, 15) is 13.2 Å². The van der Waals surface area contributed by atoms with Crippen molar-refractivity contribution in [1.82, 2.24) is 19.8 Å². The molecule has 1 aromatic carbocycles. The summed E-state index contributed by atoms with van der Waals surface area (Å²) < 4.78 is 27.0. The first-order chi connectivity index (χ1) is 13.4. The monoisotopic (exact) mass is 401 g/mol. The molecule has 1 saturated heterocycles. The zero-order valence-corrected chi connectivity index (χ0v) is 16.6. The van der Waals surface area contributed by atoms with Gasteiger partial charge in [0.2, 0.25) is 0 Å². The number of fused-ring (bicyclic) bond motifs is 1. The molecule has 8 nitrogen and oxygen atoms in total. The molecule has 2 amide bonds. The molecule has 1 N–H and O–H groups in total. The number of carbonyl (C=O) groups is 1. The van der Waals surface area contributed by atoms with Gasteiger partial charge >= 0.3 is 6.03 Å². The maximum Gasteiger partial charge on any atom is 0.331 e. The number of urea groups is 1. The zero-order valence-electron chi connectivity index (χ0n) is 15.8. The number of hydrogen-bond acceptors (Lipinski definition) is 6. The molecule has 1 aliphatic carbocycles. The van der Waals surface area contributed by atoms with Crippen molar-refractivity contribution in [2.75, 3.05) is 31.1 Å². The third-order valence-electron chi connectivity index (χ3n) is 5.25. The van der Waals surface area contributed by atoms with Crippen molar-refractivity contribution >= 4 is 21.9 Å². The number of anilines is 1. The second kappa shape index (κ2) is 7.38. The zero-order chi connectivity index (χ0) is 19.7. The van der Waals surface area contributed by atoms with E-state index in [0.29, 0.717) is 26.2 Å². The largest absolute Gasteiger partial charge is 0.352 e. The number of rotatable bonds is 3. The minimum absolute atomic E-state index is 0.0819. The lowest BCUT2D eigenvalue weighted by atomic mass is 10.2. The molecule has 148 valence electrons. The van der Waals surface area contributed by atoms with Crippen LogP contribution in [0.25, 0.3) is 0 Å². The molecule has 0 radical (unpaired) electrons. The van der Waals surface area contributed by atoms with Gasteiger partial charge in [0.1, 0.15) is 0 Å². The van der Waals surface area contributed by atoms with Gasteiger partial charge in [-0.15, -0.1) is 5.10 Å². The summed E-state index contributed by atoms with van der Waals surface area (Å²) in [6, 6.07) is 7.89. The van der Waals surface area contributed by atoms with Gasteiger partial charge in [-0.25, -0.2) is 17.9 Å². The van der Waals surface area contributed by atoms with Crippen LogP contribution in [-0.4, -0.2) is 55.7 Å². The van der Waals surface area contributed by atoms with E-state index < -0.39 is 16.1 Å².